The van der Waals surface area contributed by atoms with Crippen LogP contribution in [0, 0.1) is 11.8 Å². The fraction of sp³-hybridized carbons (Fsp3) is 0.579. The largest absolute Gasteiger partial charge is 0.0633 e. The molecule has 0 heteroatoms. The predicted octanol–water partition coefficient (Wildman–Crippen LogP) is 5.98. The normalized spacial score (nSPS) is 20.0. The summed E-state index contributed by atoms with van der Waals surface area (Å²) in [5.74, 6) is 1.38. The highest BCUT2D eigenvalue weighted by Crippen LogP contribution is 2.38. The quantitative estimate of drug-likeness (QED) is 0.580. The fourth-order valence-electron chi connectivity index (χ4n) is 3.04. The van der Waals surface area contributed by atoms with E-state index in [2.05, 4.69) is 53.7 Å². The standard InChI is InChI=1S/C19H28/c1-12(2)16-7-14(5)18(9-16)11-19-10-17(13(3)4)8-15(19)6/h7-8,12-13H,9-11H2,1-6H3. The monoisotopic (exact) mass is 256 g/mol. The maximum Gasteiger partial charge on any atom is -0.00906 e. The topological polar surface area (TPSA) is 0 Å². The van der Waals surface area contributed by atoms with Crippen LogP contribution in [0.15, 0.2) is 45.6 Å². The molecule has 0 unspecified atom stereocenters. The molecular weight excluding hydrogens is 228 g/mol. The van der Waals surface area contributed by atoms with Gasteiger partial charge in [-0.2, -0.15) is 0 Å². The van der Waals surface area contributed by atoms with E-state index < -0.39 is 0 Å². The van der Waals surface area contributed by atoms with Gasteiger partial charge in [-0.1, -0.05) is 73.3 Å². The van der Waals surface area contributed by atoms with Crippen LogP contribution in [-0.4, -0.2) is 0 Å². The summed E-state index contributed by atoms with van der Waals surface area (Å²) in [5, 5.41) is 0. The Morgan fingerprint density at radius 1 is 0.789 bits per heavy atom. The summed E-state index contributed by atoms with van der Waals surface area (Å²) in [6.07, 6.45) is 8.44. The zero-order valence-electron chi connectivity index (χ0n) is 13.4. The van der Waals surface area contributed by atoms with Crippen molar-refractivity contribution in [3.05, 3.63) is 45.6 Å². The molecule has 2 aliphatic carbocycles. The molecule has 2 aliphatic rings. The van der Waals surface area contributed by atoms with Crippen molar-refractivity contribution in [1.29, 1.82) is 0 Å². The van der Waals surface area contributed by atoms with E-state index in [4.69, 9.17) is 0 Å². The molecule has 0 bridgehead atoms. The highest BCUT2D eigenvalue weighted by atomic mass is 14.3. The van der Waals surface area contributed by atoms with Gasteiger partial charge in [0.15, 0.2) is 0 Å². The molecule has 0 aromatic carbocycles. The molecule has 0 radical (unpaired) electrons. The van der Waals surface area contributed by atoms with Crippen molar-refractivity contribution in [2.45, 2.75) is 60.8 Å². The highest BCUT2D eigenvalue weighted by molar-refractivity contribution is 5.45. The Morgan fingerprint density at radius 2 is 1.16 bits per heavy atom. The van der Waals surface area contributed by atoms with E-state index >= 15 is 0 Å². The molecule has 0 saturated carbocycles. The lowest BCUT2D eigenvalue weighted by Crippen LogP contribution is -1.95. The van der Waals surface area contributed by atoms with Gasteiger partial charge in [0, 0.05) is 0 Å². The minimum absolute atomic E-state index is 0.690. The van der Waals surface area contributed by atoms with Gasteiger partial charge in [-0.25, -0.2) is 0 Å². The molecule has 0 N–H and O–H groups in total. The molecule has 0 aromatic heterocycles. The van der Waals surface area contributed by atoms with E-state index in [9.17, 15) is 0 Å². The molecule has 0 nitrogen and oxygen atoms in total. The second-order valence-corrected chi connectivity index (χ2v) is 6.85. The fourth-order valence-corrected chi connectivity index (χ4v) is 3.04. The average molecular weight is 256 g/mol. The predicted molar refractivity (Wildman–Crippen MR) is 85.1 cm³/mol. The van der Waals surface area contributed by atoms with Crippen molar-refractivity contribution >= 4 is 0 Å². The third-order valence-electron chi connectivity index (χ3n) is 4.66. The van der Waals surface area contributed by atoms with Crippen molar-refractivity contribution in [2.75, 3.05) is 0 Å². The van der Waals surface area contributed by atoms with Gasteiger partial charge in [0.25, 0.3) is 0 Å². The van der Waals surface area contributed by atoms with Crippen molar-refractivity contribution in [2.24, 2.45) is 11.8 Å². The van der Waals surface area contributed by atoms with E-state index in [1.807, 2.05) is 0 Å². The third kappa shape index (κ3) is 3.11. The van der Waals surface area contributed by atoms with E-state index in [0.29, 0.717) is 11.8 Å². The van der Waals surface area contributed by atoms with Crippen LogP contribution < -0.4 is 0 Å². The Labute approximate surface area is 119 Å². The summed E-state index contributed by atoms with van der Waals surface area (Å²) in [4.78, 5) is 0. The maximum atomic E-state index is 2.42. The van der Waals surface area contributed by atoms with Crippen LogP contribution in [0.1, 0.15) is 60.8 Å². The summed E-state index contributed by atoms with van der Waals surface area (Å²) >= 11 is 0. The minimum Gasteiger partial charge on any atom is -0.0633 e. The Balaban J connectivity index is 2.03. The van der Waals surface area contributed by atoms with Crippen LogP contribution in [0.25, 0.3) is 0 Å². The minimum atomic E-state index is 0.690. The summed E-state index contributed by atoms with van der Waals surface area (Å²) in [5.41, 5.74) is 9.55. The smallest absolute Gasteiger partial charge is 0.00906 e. The van der Waals surface area contributed by atoms with Gasteiger partial charge in [0.05, 0.1) is 0 Å². The molecule has 19 heavy (non-hydrogen) atoms. The van der Waals surface area contributed by atoms with Gasteiger partial charge < -0.3 is 0 Å². The zero-order valence-corrected chi connectivity index (χ0v) is 13.4. The van der Waals surface area contributed by atoms with Crippen LogP contribution in [0.3, 0.4) is 0 Å². The lowest BCUT2D eigenvalue weighted by molar-refractivity contribution is 0.731. The van der Waals surface area contributed by atoms with Gasteiger partial charge >= 0.3 is 0 Å². The van der Waals surface area contributed by atoms with Crippen LogP contribution in [0.5, 0.6) is 0 Å². The van der Waals surface area contributed by atoms with E-state index in [-0.39, 0.29) is 0 Å². The zero-order chi connectivity index (χ0) is 14.2. The number of hydrogen-bond acceptors (Lipinski definition) is 0. The summed E-state index contributed by atoms with van der Waals surface area (Å²) < 4.78 is 0. The number of rotatable bonds is 4. The Hall–Kier alpha value is -1.04. The summed E-state index contributed by atoms with van der Waals surface area (Å²) in [6.45, 7) is 13.8. The molecule has 0 saturated heterocycles. The molecule has 104 valence electrons. The van der Waals surface area contributed by atoms with E-state index in [1.54, 1.807) is 22.3 Å². The van der Waals surface area contributed by atoms with Crippen LogP contribution in [-0.2, 0) is 0 Å². The van der Waals surface area contributed by atoms with E-state index in [1.165, 1.54) is 30.4 Å². The molecule has 2 rings (SSSR count). The molecule has 0 heterocycles. The van der Waals surface area contributed by atoms with Gasteiger partial charge in [-0.3, -0.25) is 0 Å². The first-order valence-corrected chi connectivity index (χ1v) is 7.66. The number of hydrogen-bond donors (Lipinski definition) is 0. The van der Waals surface area contributed by atoms with Crippen molar-refractivity contribution in [3.63, 3.8) is 0 Å². The molecular formula is C19H28. The van der Waals surface area contributed by atoms with Gasteiger partial charge in [0.2, 0.25) is 0 Å². The van der Waals surface area contributed by atoms with Crippen LogP contribution in [0.2, 0.25) is 0 Å². The summed E-state index contributed by atoms with van der Waals surface area (Å²) in [7, 11) is 0. The van der Waals surface area contributed by atoms with Crippen LogP contribution in [0.4, 0.5) is 0 Å². The third-order valence-corrected chi connectivity index (χ3v) is 4.66. The Morgan fingerprint density at radius 3 is 1.42 bits per heavy atom. The Kier molecular flexibility index (Phi) is 4.18. The first-order valence-electron chi connectivity index (χ1n) is 7.66. The lowest BCUT2D eigenvalue weighted by atomic mass is 9.93. The van der Waals surface area contributed by atoms with Crippen molar-refractivity contribution in [1.82, 2.24) is 0 Å². The highest BCUT2D eigenvalue weighted by Gasteiger charge is 2.20. The second-order valence-electron chi connectivity index (χ2n) is 6.85. The molecule has 0 spiro atoms. The molecule has 0 atom stereocenters. The SMILES string of the molecule is CC1=C(CC2=C(C)C=C(C(C)C)C2)CC(C(C)C)=C1. The van der Waals surface area contributed by atoms with Gasteiger partial charge in [-0.15, -0.1) is 0 Å². The summed E-state index contributed by atoms with van der Waals surface area (Å²) in [6, 6.07) is 0. The maximum absolute atomic E-state index is 2.42. The van der Waals surface area contributed by atoms with E-state index in [0.717, 1.165) is 0 Å². The lowest BCUT2D eigenvalue weighted by Gasteiger charge is -2.12. The molecule has 0 fully saturated rings. The molecule has 0 aromatic rings. The molecule has 0 aliphatic heterocycles. The van der Waals surface area contributed by atoms with Crippen LogP contribution >= 0.6 is 0 Å². The average Bonchev–Trinajstić information content (AvgIpc) is 2.85. The number of allylic oxidation sites excluding steroid dienone is 8. The Bertz CT molecular complexity index is 444. The molecule has 0 amide bonds. The van der Waals surface area contributed by atoms with Gasteiger partial charge in [-0.05, 0) is 44.9 Å². The van der Waals surface area contributed by atoms with Crippen molar-refractivity contribution < 1.29 is 0 Å². The second kappa shape index (κ2) is 5.53. The van der Waals surface area contributed by atoms with Gasteiger partial charge in [0.1, 0.15) is 0 Å². The van der Waals surface area contributed by atoms with Crippen molar-refractivity contribution in [3.8, 4) is 0 Å². The first kappa shape index (κ1) is 14.4. The first-order chi connectivity index (χ1) is 8.88.